The highest BCUT2D eigenvalue weighted by atomic mass is 16.6. The molecule has 0 saturated heterocycles. The van der Waals surface area contributed by atoms with Gasteiger partial charge in [-0.2, -0.15) is 0 Å². The zero-order chi connectivity index (χ0) is 26.4. The molecular weight excluding hydrogens is 458 g/mol. The lowest BCUT2D eigenvalue weighted by atomic mass is 10.1. The van der Waals surface area contributed by atoms with Gasteiger partial charge in [0.1, 0.15) is 5.75 Å². The van der Waals surface area contributed by atoms with E-state index in [4.69, 9.17) is 18.9 Å². The van der Waals surface area contributed by atoms with Crippen molar-refractivity contribution in [3.8, 4) is 17.2 Å². The van der Waals surface area contributed by atoms with Crippen LogP contribution in [0.4, 0.5) is 4.79 Å². The number of unbranched alkanes of at least 4 members (excludes halogenated alkanes) is 4. The Labute approximate surface area is 215 Å². The van der Waals surface area contributed by atoms with Crippen molar-refractivity contribution in [1.82, 2.24) is 4.90 Å². The first-order valence-electron chi connectivity index (χ1n) is 12.9. The smallest absolute Gasteiger partial charge is 0.415 e. The molecule has 7 heteroatoms. The Morgan fingerprint density at radius 3 is 2.14 bits per heavy atom. The predicted octanol–water partition coefficient (Wildman–Crippen LogP) is 6.78. The van der Waals surface area contributed by atoms with E-state index in [-0.39, 0.29) is 0 Å². The van der Waals surface area contributed by atoms with Crippen LogP contribution in [0.2, 0.25) is 0 Å². The van der Waals surface area contributed by atoms with Gasteiger partial charge in [0.25, 0.3) is 0 Å². The van der Waals surface area contributed by atoms with Gasteiger partial charge in [-0.25, -0.2) is 9.59 Å². The Balaban J connectivity index is 2.10. The number of benzene rings is 2. The van der Waals surface area contributed by atoms with Crippen LogP contribution in [0.15, 0.2) is 48.5 Å². The molecule has 0 spiro atoms. The molecular formula is C29H41NO6. The van der Waals surface area contributed by atoms with Crippen LogP contribution in [0, 0.1) is 0 Å². The molecule has 0 heterocycles. The molecule has 36 heavy (non-hydrogen) atoms. The van der Waals surface area contributed by atoms with Crippen LogP contribution in [-0.4, -0.2) is 42.3 Å². The zero-order valence-corrected chi connectivity index (χ0v) is 22.4. The van der Waals surface area contributed by atoms with Gasteiger partial charge in [-0.05, 0) is 63.9 Å². The zero-order valence-electron chi connectivity index (χ0n) is 22.4. The summed E-state index contributed by atoms with van der Waals surface area (Å²) in [5.74, 6) is 1.08. The number of hydrogen-bond donors (Lipinski definition) is 0. The molecule has 0 aliphatic rings. The Morgan fingerprint density at radius 2 is 1.50 bits per heavy atom. The van der Waals surface area contributed by atoms with Crippen LogP contribution in [0.3, 0.4) is 0 Å². The van der Waals surface area contributed by atoms with E-state index >= 15 is 0 Å². The molecule has 0 fully saturated rings. The van der Waals surface area contributed by atoms with E-state index in [1.54, 1.807) is 49.9 Å². The third-order valence-electron chi connectivity index (χ3n) is 5.57. The monoisotopic (exact) mass is 499 g/mol. The number of para-hydroxylation sites is 2. The van der Waals surface area contributed by atoms with Gasteiger partial charge in [-0.15, -0.1) is 0 Å². The van der Waals surface area contributed by atoms with E-state index in [9.17, 15) is 9.59 Å². The number of amides is 1. The molecule has 0 unspecified atom stereocenters. The quantitative estimate of drug-likeness (QED) is 0.199. The highest BCUT2D eigenvalue weighted by Crippen LogP contribution is 2.27. The molecule has 0 N–H and O–H groups in total. The highest BCUT2D eigenvalue weighted by Gasteiger charge is 2.31. The van der Waals surface area contributed by atoms with Gasteiger partial charge >= 0.3 is 12.1 Å². The lowest BCUT2D eigenvalue weighted by molar-refractivity contribution is -0.158. The summed E-state index contributed by atoms with van der Waals surface area (Å²) in [6, 6.07) is 14.6. The average Bonchev–Trinajstić information content (AvgIpc) is 2.85. The molecule has 2 aromatic rings. The number of hydrogen-bond acceptors (Lipinski definition) is 6. The molecule has 1 amide bonds. The minimum absolute atomic E-state index is 0.296. The Bertz CT molecular complexity index is 941. The third kappa shape index (κ3) is 9.44. The first kappa shape index (κ1) is 29.0. The Kier molecular flexibility index (Phi) is 12.1. The average molecular weight is 500 g/mol. The van der Waals surface area contributed by atoms with Gasteiger partial charge in [0, 0.05) is 13.1 Å². The number of ether oxygens (including phenoxy) is 4. The molecule has 2 aromatic carbocycles. The number of nitrogens with zero attached hydrogens (tertiary/aromatic N) is 1. The van der Waals surface area contributed by atoms with E-state index in [2.05, 4.69) is 6.92 Å². The fraction of sp³-hybridized carbons (Fsp3) is 0.517. The second-order valence-electron chi connectivity index (χ2n) is 9.06. The molecule has 0 aromatic heterocycles. The van der Waals surface area contributed by atoms with Crippen LogP contribution in [-0.2, 0) is 16.1 Å². The number of carbonyl (C=O) groups excluding carboxylic acids is 2. The molecule has 0 bridgehead atoms. The molecule has 2 rings (SSSR count). The summed E-state index contributed by atoms with van der Waals surface area (Å²) in [5, 5.41) is 0. The van der Waals surface area contributed by atoms with Gasteiger partial charge in [0.05, 0.1) is 13.2 Å². The van der Waals surface area contributed by atoms with Gasteiger partial charge in [-0.1, -0.05) is 56.9 Å². The van der Waals surface area contributed by atoms with E-state index in [1.807, 2.05) is 31.2 Å². The second kappa shape index (κ2) is 15.0. The first-order chi connectivity index (χ1) is 17.3. The SMILES string of the molecule is CCCCCCCN(Cc1ccc(OC(C)(C)C(=O)OCC)cc1)C(=O)Oc1ccccc1OCC. The van der Waals surface area contributed by atoms with Crippen molar-refractivity contribution in [2.45, 2.75) is 78.9 Å². The topological polar surface area (TPSA) is 74.3 Å². The van der Waals surface area contributed by atoms with E-state index in [0.29, 0.717) is 43.6 Å². The van der Waals surface area contributed by atoms with Gasteiger partial charge in [0.2, 0.25) is 0 Å². The molecule has 7 nitrogen and oxygen atoms in total. The predicted molar refractivity (Wildman–Crippen MR) is 141 cm³/mol. The number of carbonyl (C=O) groups is 2. The van der Waals surface area contributed by atoms with Crippen molar-refractivity contribution in [2.75, 3.05) is 19.8 Å². The van der Waals surface area contributed by atoms with Gasteiger partial charge in [-0.3, -0.25) is 0 Å². The fourth-order valence-electron chi connectivity index (χ4n) is 3.63. The summed E-state index contributed by atoms with van der Waals surface area (Å²) in [4.78, 5) is 27.0. The molecule has 0 radical (unpaired) electrons. The van der Waals surface area contributed by atoms with Crippen LogP contribution in [0.1, 0.15) is 72.3 Å². The minimum atomic E-state index is -1.10. The maximum absolute atomic E-state index is 13.2. The van der Waals surface area contributed by atoms with Crippen molar-refractivity contribution in [3.05, 3.63) is 54.1 Å². The van der Waals surface area contributed by atoms with Crippen molar-refractivity contribution >= 4 is 12.1 Å². The van der Waals surface area contributed by atoms with Crippen LogP contribution < -0.4 is 14.2 Å². The van der Waals surface area contributed by atoms with Crippen molar-refractivity contribution in [2.24, 2.45) is 0 Å². The van der Waals surface area contributed by atoms with Crippen molar-refractivity contribution < 1.29 is 28.5 Å². The fourth-order valence-corrected chi connectivity index (χ4v) is 3.63. The van der Waals surface area contributed by atoms with Gasteiger partial charge in [0.15, 0.2) is 17.1 Å². The summed E-state index contributed by atoms with van der Waals surface area (Å²) in [6.45, 7) is 11.0. The van der Waals surface area contributed by atoms with Crippen LogP contribution in [0.25, 0.3) is 0 Å². The molecule has 198 valence electrons. The maximum atomic E-state index is 13.2. The minimum Gasteiger partial charge on any atom is -0.490 e. The molecule has 0 atom stereocenters. The van der Waals surface area contributed by atoms with E-state index in [0.717, 1.165) is 24.8 Å². The normalized spacial score (nSPS) is 11.0. The van der Waals surface area contributed by atoms with Crippen LogP contribution in [0.5, 0.6) is 17.2 Å². The lowest BCUT2D eigenvalue weighted by Crippen LogP contribution is -2.39. The maximum Gasteiger partial charge on any atom is 0.415 e. The molecule has 0 aliphatic heterocycles. The summed E-state index contributed by atoms with van der Waals surface area (Å²) in [5.41, 5.74) is -0.167. The number of esters is 1. The van der Waals surface area contributed by atoms with Gasteiger partial charge < -0.3 is 23.8 Å². The summed E-state index contributed by atoms with van der Waals surface area (Å²) < 4.78 is 22.3. The lowest BCUT2D eigenvalue weighted by Gasteiger charge is -2.25. The Morgan fingerprint density at radius 1 is 0.833 bits per heavy atom. The van der Waals surface area contributed by atoms with Crippen molar-refractivity contribution in [1.29, 1.82) is 0 Å². The summed E-state index contributed by atoms with van der Waals surface area (Å²) in [7, 11) is 0. The highest BCUT2D eigenvalue weighted by molar-refractivity contribution is 5.79. The molecule has 0 aliphatic carbocycles. The molecule has 0 saturated carbocycles. The van der Waals surface area contributed by atoms with E-state index in [1.165, 1.54) is 12.8 Å². The largest absolute Gasteiger partial charge is 0.490 e. The van der Waals surface area contributed by atoms with E-state index < -0.39 is 17.7 Å². The van der Waals surface area contributed by atoms with Crippen LogP contribution >= 0.6 is 0 Å². The Hall–Kier alpha value is -3.22. The third-order valence-corrected chi connectivity index (χ3v) is 5.57. The second-order valence-corrected chi connectivity index (χ2v) is 9.06. The standard InChI is InChI=1S/C29H41NO6/c1-6-9-10-11-14-21-30(28(32)35-26-16-13-12-15-25(26)33-7-2)22-23-17-19-24(20-18-23)36-29(4,5)27(31)34-8-3/h12-13,15-20H,6-11,14,21-22H2,1-5H3. The number of rotatable bonds is 15. The summed E-state index contributed by atoms with van der Waals surface area (Å²) in [6.07, 6.45) is 5.05. The summed E-state index contributed by atoms with van der Waals surface area (Å²) >= 11 is 0. The van der Waals surface area contributed by atoms with Crippen molar-refractivity contribution in [3.63, 3.8) is 0 Å². The first-order valence-corrected chi connectivity index (χ1v) is 12.9.